The molecule has 0 radical (unpaired) electrons. The van der Waals surface area contributed by atoms with Crippen LogP contribution in [0.4, 0.5) is 8.78 Å². The molecule has 0 aliphatic heterocycles. The summed E-state index contributed by atoms with van der Waals surface area (Å²) >= 11 is 13.2. The van der Waals surface area contributed by atoms with E-state index in [9.17, 15) is 13.3 Å². The van der Waals surface area contributed by atoms with Crippen LogP contribution in [-0.2, 0) is 10.2 Å². The van der Waals surface area contributed by atoms with Gasteiger partial charge in [-0.2, -0.15) is 26.5 Å². The van der Waals surface area contributed by atoms with Crippen molar-refractivity contribution < 1.29 is 23.1 Å². The summed E-state index contributed by atoms with van der Waals surface area (Å²) in [6.07, 6.45) is 0. The van der Waals surface area contributed by atoms with E-state index >= 15 is 0 Å². The van der Waals surface area contributed by atoms with Crippen molar-refractivity contribution in [3.8, 4) is 11.4 Å². The Morgan fingerprint density at radius 3 is 2.43 bits per heavy atom. The fraction of sp³-hybridized carbons (Fsp3) is 0.125. The zero-order valence-corrected chi connectivity index (χ0v) is 17.9. The number of benzene rings is 2. The van der Waals surface area contributed by atoms with Gasteiger partial charge in [0.15, 0.2) is 5.82 Å². The summed E-state index contributed by atoms with van der Waals surface area (Å²) in [7, 11) is -5.67. The Labute approximate surface area is 177 Å². The lowest BCUT2D eigenvalue weighted by Crippen LogP contribution is -2.14. The lowest BCUT2D eigenvalue weighted by Gasteiger charge is -2.20. The molecule has 28 heavy (non-hydrogen) atoms. The summed E-state index contributed by atoms with van der Waals surface area (Å²) in [4.78, 5) is 22.2. The van der Waals surface area contributed by atoms with Crippen LogP contribution in [0.5, 0.6) is 0 Å². The molecule has 0 saturated carbocycles. The Morgan fingerprint density at radius 1 is 1.21 bits per heavy atom. The number of nitrogens with zero attached hydrogens (tertiary/aromatic N) is 2. The highest BCUT2D eigenvalue weighted by atomic mass is 79.9. The van der Waals surface area contributed by atoms with E-state index in [1.165, 1.54) is 12.1 Å². The van der Waals surface area contributed by atoms with E-state index in [0.29, 0.717) is 22.2 Å². The molecule has 1 atom stereocenters. The Balaban J connectivity index is 1.90. The van der Waals surface area contributed by atoms with E-state index in [1.54, 1.807) is 24.3 Å². The van der Waals surface area contributed by atoms with Crippen LogP contribution in [0.25, 0.3) is 11.4 Å². The van der Waals surface area contributed by atoms with Crippen molar-refractivity contribution in [3.63, 3.8) is 0 Å². The van der Waals surface area contributed by atoms with Gasteiger partial charge in [-0.3, -0.25) is 9.66 Å². The quantitative estimate of drug-likeness (QED) is 0.282. The number of aromatic amines is 1. The number of nitrogens with one attached hydrogen (secondary N) is 1. The fourth-order valence-electron chi connectivity index (χ4n) is 2.38. The minimum Gasteiger partial charge on any atom is -0.320 e. The number of thiol groups is 1. The third-order valence-corrected chi connectivity index (χ3v) is 6.29. The highest BCUT2D eigenvalue weighted by molar-refractivity contribution is 9.10. The van der Waals surface area contributed by atoms with Crippen LogP contribution in [0.2, 0.25) is 5.02 Å². The van der Waals surface area contributed by atoms with E-state index in [1.807, 2.05) is 0 Å². The van der Waals surface area contributed by atoms with Gasteiger partial charge in [-0.15, -0.1) is 0 Å². The van der Waals surface area contributed by atoms with Gasteiger partial charge in [0, 0.05) is 20.6 Å². The predicted octanol–water partition coefficient (Wildman–Crippen LogP) is 5.13. The lowest BCUT2D eigenvalue weighted by molar-refractivity contribution is 0.0557. The van der Waals surface area contributed by atoms with Gasteiger partial charge in [0.1, 0.15) is 5.82 Å². The van der Waals surface area contributed by atoms with Crippen molar-refractivity contribution in [3.05, 3.63) is 68.9 Å². The number of H-pyrrole nitrogens is 1. The van der Waals surface area contributed by atoms with Crippen molar-refractivity contribution in [1.82, 2.24) is 15.2 Å². The molecule has 1 heterocycles. The van der Waals surface area contributed by atoms with Gasteiger partial charge in [-0.05, 0) is 35.9 Å². The molecular weight excluding hydrogens is 499 g/mol. The molecule has 1 unspecified atom stereocenters. The van der Waals surface area contributed by atoms with Gasteiger partial charge in [-0.1, -0.05) is 39.7 Å². The number of rotatable bonds is 5. The van der Waals surface area contributed by atoms with Crippen LogP contribution in [0.15, 0.2) is 46.9 Å². The number of aromatic nitrogens is 3. The Bertz CT molecular complexity index is 1060. The highest BCUT2D eigenvalue weighted by Gasteiger charge is 2.51. The average molecular weight is 511 g/mol. The molecule has 3 aromatic rings. The molecule has 0 fully saturated rings. The van der Waals surface area contributed by atoms with Gasteiger partial charge in [-0.25, -0.2) is 4.98 Å². The summed E-state index contributed by atoms with van der Waals surface area (Å²) in [6, 6.07) is 10.4. The smallest absolute Gasteiger partial charge is 0.320 e. The van der Waals surface area contributed by atoms with E-state index in [0.717, 1.165) is 11.6 Å². The number of hydrogen-bond donors (Lipinski definition) is 4. The van der Waals surface area contributed by atoms with Crippen LogP contribution in [0, 0.1) is 0 Å². The van der Waals surface area contributed by atoms with Crippen molar-refractivity contribution in [1.29, 1.82) is 0 Å². The van der Waals surface area contributed by atoms with E-state index < -0.39 is 24.1 Å². The molecule has 12 heteroatoms. The zero-order valence-electron chi connectivity index (χ0n) is 13.7. The first-order valence-electron chi connectivity index (χ1n) is 7.60. The van der Waals surface area contributed by atoms with Crippen LogP contribution in [-0.4, -0.2) is 25.0 Å². The van der Waals surface area contributed by atoms with Crippen molar-refractivity contribution in [2.75, 3.05) is 0 Å². The van der Waals surface area contributed by atoms with Crippen molar-refractivity contribution >= 4 is 47.8 Å². The Kier molecular flexibility index (Phi) is 6.01. The molecule has 0 amide bonds. The SMILES string of the molecule is O=P(O)(O)C(F)(F)c1ccc(C(S)c2nc(-c3ccc(Cl)cc3)n[nH]2)cc1Br. The first-order valence-corrected chi connectivity index (χ1v) is 10.9. The summed E-state index contributed by atoms with van der Waals surface area (Å²) < 4.78 is 38.8. The van der Waals surface area contributed by atoms with Crippen LogP contribution in [0.1, 0.15) is 22.2 Å². The predicted molar refractivity (Wildman–Crippen MR) is 108 cm³/mol. The molecule has 0 aliphatic carbocycles. The molecule has 148 valence electrons. The van der Waals surface area contributed by atoms with Crippen molar-refractivity contribution in [2.24, 2.45) is 0 Å². The summed E-state index contributed by atoms with van der Waals surface area (Å²) in [6.45, 7) is 0. The zero-order chi connectivity index (χ0) is 20.7. The lowest BCUT2D eigenvalue weighted by atomic mass is 10.1. The summed E-state index contributed by atoms with van der Waals surface area (Å²) in [5.74, 6) is 0.782. The second kappa shape index (κ2) is 7.85. The van der Waals surface area contributed by atoms with E-state index in [-0.39, 0.29) is 4.47 Å². The molecule has 1 aromatic heterocycles. The Hall–Kier alpha value is -1.29. The van der Waals surface area contributed by atoms with Crippen molar-refractivity contribution in [2.45, 2.75) is 10.9 Å². The minimum atomic E-state index is -5.67. The molecule has 3 N–H and O–H groups in total. The first-order chi connectivity index (χ1) is 13.0. The van der Waals surface area contributed by atoms with E-state index in [4.69, 9.17) is 21.4 Å². The van der Waals surface area contributed by atoms with Crippen LogP contribution >= 0.6 is 47.8 Å². The van der Waals surface area contributed by atoms with Crippen LogP contribution < -0.4 is 0 Å². The number of alkyl halides is 2. The molecule has 0 spiro atoms. The fourth-order valence-corrected chi connectivity index (χ4v) is 4.09. The van der Waals surface area contributed by atoms with Crippen LogP contribution in [0.3, 0.4) is 0 Å². The first kappa shape index (κ1) is 21.4. The standard InChI is InChI=1S/C16H12BrClF2N3O3PS/c17-12-7-9(3-6-11(12)16(19,20)27(24,25)26)13(28)15-21-14(22-23-15)8-1-4-10(18)5-2-8/h1-7,13,28H,(H,21,22,23)(H2,24,25,26). The second-order valence-corrected chi connectivity index (χ2v) is 9.24. The maximum Gasteiger partial charge on any atom is 0.399 e. The number of hydrogen-bond acceptors (Lipinski definition) is 4. The second-order valence-electron chi connectivity index (χ2n) is 5.78. The molecule has 3 rings (SSSR count). The third-order valence-electron chi connectivity index (χ3n) is 3.86. The largest absolute Gasteiger partial charge is 0.399 e. The molecular formula is C16H12BrClF2N3O3PS. The number of halogens is 4. The van der Waals surface area contributed by atoms with Gasteiger partial charge in [0.05, 0.1) is 5.25 Å². The molecule has 0 aliphatic rings. The monoisotopic (exact) mass is 509 g/mol. The minimum absolute atomic E-state index is 0.158. The molecule has 2 aromatic carbocycles. The average Bonchev–Trinajstić information content (AvgIpc) is 3.10. The maximum absolute atomic E-state index is 13.9. The maximum atomic E-state index is 13.9. The topological polar surface area (TPSA) is 99.1 Å². The summed E-state index contributed by atoms with van der Waals surface area (Å²) in [5.41, 5.74) is -3.93. The van der Waals surface area contributed by atoms with Gasteiger partial charge >= 0.3 is 13.3 Å². The van der Waals surface area contributed by atoms with E-state index in [2.05, 4.69) is 43.7 Å². The molecule has 0 bridgehead atoms. The summed E-state index contributed by atoms with van der Waals surface area (Å²) in [5, 5.41) is 6.79. The highest BCUT2D eigenvalue weighted by Crippen LogP contribution is 2.60. The molecule has 6 nitrogen and oxygen atoms in total. The third kappa shape index (κ3) is 4.17. The van der Waals surface area contributed by atoms with Gasteiger partial charge < -0.3 is 9.79 Å². The normalized spacial score (nSPS) is 13.5. The van der Waals surface area contributed by atoms with Gasteiger partial charge in [0.2, 0.25) is 0 Å². The van der Waals surface area contributed by atoms with Gasteiger partial charge in [0.25, 0.3) is 0 Å². The Morgan fingerprint density at radius 2 is 1.86 bits per heavy atom. The molecule has 0 saturated heterocycles.